The Morgan fingerprint density at radius 2 is 0.843 bits per heavy atom. The molecule has 0 bridgehead atoms. The standard InChI is InChI=1S/C50H30S/c1-2-13-31(14-3-1)42-28-35-26-25-32-15-6-7-18-36(32)43(35)30-44(42)49-39-21-10-8-19-37(39)48(38-20-9-11-22-40(38)49)41-23-12-24-46-50(41)45-27-33-16-4-5-17-34(33)29-47(45)51-46/h1-30H. The summed E-state index contributed by atoms with van der Waals surface area (Å²) in [5, 5.41) is 15.4. The van der Waals surface area contributed by atoms with Crippen LogP contribution in [0.1, 0.15) is 0 Å². The Kier molecular flexibility index (Phi) is 6.22. The van der Waals surface area contributed by atoms with Crippen molar-refractivity contribution in [1.82, 2.24) is 0 Å². The van der Waals surface area contributed by atoms with Gasteiger partial charge in [0.2, 0.25) is 0 Å². The lowest BCUT2D eigenvalue weighted by Crippen LogP contribution is -1.94. The quantitative estimate of drug-likeness (QED) is 0.130. The summed E-state index contributed by atoms with van der Waals surface area (Å²) >= 11 is 1.90. The van der Waals surface area contributed by atoms with Crippen LogP contribution in [0, 0.1) is 0 Å². The van der Waals surface area contributed by atoms with Gasteiger partial charge in [-0.2, -0.15) is 0 Å². The molecule has 0 saturated carbocycles. The molecular weight excluding hydrogens is 633 g/mol. The zero-order valence-corrected chi connectivity index (χ0v) is 28.5. The molecule has 0 fully saturated rings. The van der Waals surface area contributed by atoms with E-state index < -0.39 is 0 Å². The number of benzene rings is 10. The van der Waals surface area contributed by atoms with Crippen LogP contribution in [-0.2, 0) is 0 Å². The van der Waals surface area contributed by atoms with Gasteiger partial charge >= 0.3 is 0 Å². The van der Waals surface area contributed by atoms with Gasteiger partial charge < -0.3 is 0 Å². The lowest BCUT2D eigenvalue weighted by Gasteiger charge is -2.21. The summed E-state index contributed by atoms with van der Waals surface area (Å²) in [6.07, 6.45) is 0. The molecule has 51 heavy (non-hydrogen) atoms. The van der Waals surface area contributed by atoms with E-state index in [1.807, 2.05) is 11.3 Å². The molecule has 1 heteroatoms. The number of hydrogen-bond acceptors (Lipinski definition) is 1. The molecule has 11 rings (SSSR count). The average Bonchev–Trinajstić information content (AvgIpc) is 3.56. The summed E-state index contributed by atoms with van der Waals surface area (Å²) in [4.78, 5) is 0. The molecule has 0 atom stereocenters. The van der Waals surface area contributed by atoms with E-state index >= 15 is 0 Å². The molecular formula is C50H30S. The van der Waals surface area contributed by atoms with Gasteiger partial charge in [-0.05, 0) is 118 Å². The maximum atomic E-state index is 2.46. The molecule has 0 radical (unpaired) electrons. The van der Waals surface area contributed by atoms with E-state index in [9.17, 15) is 0 Å². The second kappa shape index (κ2) is 11.1. The van der Waals surface area contributed by atoms with Gasteiger partial charge in [0.25, 0.3) is 0 Å². The zero-order chi connectivity index (χ0) is 33.5. The Morgan fingerprint density at radius 1 is 0.275 bits per heavy atom. The Hall–Kier alpha value is -6.28. The fourth-order valence-electron chi connectivity index (χ4n) is 8.55. The van der Waals surface area contributed by atoms with Crippen molar-refractivity contribution in [3.05, 3.63) is 182 Å². The van der Waals surface area contributed by atoms with Crippen LogP contribution in [0.5, 0.6) is 0 Å². The normalized spacial score (nSPS) is 11.9. The van der Waals surface area contributed by atoms with E-state index in [4.69, 9.17) is 0 Å². The molecule has 0 aliphatic rings. The second-order valence-electron chi connectivity index (χ2n) is 13.6. The van der Waals surface area contributed by atoms with Crippen molar-refractivity contribution < 1.29 is 0 Å². The van der Waals surface area contributed by atoms with Crippen LogP contribution >= 0.6 is 11.3 Å². The molecule has 236 valence electrons. The van der Waals surface area contributed by atoms with Crippen LogP contribution in [0.25, 0.3) is 107 Å². The van der Waals surface area contributed by atoms with E-state index in [-0.39, 0.29) is 0 Å². The first-order valence-electron chi connectivity index (χ1n) is 17.6. The summed E-state index contributed by atoms with van der Waals surface area (Å²) in [6.45, 7) is 0. The van der Waals surface area contributed by atoms with Crippen LogP contribution in [0.4, 0.5) is 0 Å². The highest BCUT2D eigenvalue weighted by Gasteiger charge is 2.22. The average molecular weight is 663 g/mol. The van der Waals surface area contributed by atoms with Gasteiger partial charge in [0.1, 0.15) is 0 Å². The second-order valence-corrected chi connectivity index (χ2v) is 14.7. The molecule has 11 aromatic rings. The van der Waals surface area contributed by atoms with Gasteiger partial charge in [-0.15, -0.1) is 11.3 Å². The SMILES string of the molecule is c1ccc(-c2cc3ccc4ccccc4c3cc2-c2c3ccccc3c(-c3cccc4sc5cc6ccccc6cc5c34)c3ccccc23)cc1. The molecule has 1 heterocycles. The smallest absolute Gasteiger partial charge is 0.0362 e. The molecule has 1 aromatic heterocycles. The third kappa shape index (κ3) is 4.32. The highest BCUT2D eigenvalue weighted by atomic mass is 32.1. The van der Waals surface area contributed by atoms with Crippen molar-refractivity contribution >= 4 is 85.4 Å². The van der Waals surface area contributed by atoms with Gasteiger partial charge in [-0.3, -0.25) is 0 Å². The predicted molar refractivity (Wildman–Crippen MR) is 223 cm³/mol. The monoisotopic (exact) mass is 662 g/mol. The fraction of sp³-hybridized carbons (Fsp3) is 0. The number of hydrogen-bond donors (Lipinski definition) is 0. The van der Waals surface area contributed by atoms with E-state index in [0.29, 0.717) is 0 Å². The third-order valence-corrected chi connectivity index (χ3v) is 11.9. The summed E-state index contributed by atoms with van der Waals surface area (Å²) in [7, 11) is 0. The minimum absolute atomic E-state index is 1.22. The molecule has 0 N–H and O–H groups in total. The molecule has 0 unspecified atom stereocenters. The van der Waals surface area contributed by atoms with Crippen molar-refractivity contribution in [3.8, 4) is 33.4 Å². The third-order valence-electron chi connectivity index (χ3n) is 10.8. The van der Waals surface area contributed by atoms with Crippen molar-refractivity contribution in [2.75, 3.05) is 0 Å². The van der Waals surface area contributed by atoms with E-state index in [0.717, 1.165) is 0 Å². The van der Waals surface area contributed by atoms with Crippen molar-refractivity contribution in [2.45, 2.75) is 0 Å². The van der Waals surface area contributed by atoms with Crippen LogP contribution < -0.4 is 0 Å². The molecule has 0 aliphatic heterocycles. The van der Waals surface area contributed by atoms with Crippen LogP contribution in [0.3, 0.4) is 0 Å². The maximum absolute atomic E-state index is 2.46. The van der Waals surface area contributed by atoms with E-state index in [1.54, 1.807) is 0 Å². The van der Waals surface area contributed by atoms with Gasteiger partial charge in [-0.25, -0.2) is 0 Å². The Balaban J connectivity index is 1.29. The summed E-state index contributed by atoms with van der Waals surface area (Å²) in [6, 6.07) is 67.6. The van der Waals surface area contributed by atoms with Gasteiger partial charge in [0.05, 0.1) is 0 Å². The zero-order valence-electron chi connectivity index (χ0n) is 27.7. The number of thiophene rings is 1. The highest BCUT2D eigenvalue weighted by molar-refractivity contribution is 7.26. The van der Waals surface area contributed by atoms with E-state index in [1.165, 1.54) is 107 Å². The molecule has 0 aliphatic carbocycles. The maximum Gasteiger partial charge on any atom is 0.0362 e. The molecule has 0 amide bonds. The molecule has 0 saturated heterocycles. The Morgan fingerprint density at radius 3 is 1.55 bits per heavy atom. The largest absolute Gasteiger partial charge is 0.135 e. The summed E-state index contributed by atoms with van der Waals surface area (Å²) in [5.74, 6) is 0. The van der Waals surface area contributed by atoms with Crippen molar-refractivity contribution in [1.29, 1.82) is 0 Å². The van der Waals surface area contributed by atoms with Crippen molar-refractivity contribution in [3.63, 3.8) is 0 Å². The molecule has 10 aromatic carbocycles. The number of rotatable bonds is 3. The van der Waals surface area contributed by atoms with Crippen LogP contribution in [-0.4, -0.2) is 0 Å². The minimum Gasteiger partial charge on any atom is -0.135 e. The Bertz CT molecular complexity index is 3130. The Labute approximate surface area is 299 Å². The van der Waals surface area contributed by atoms with Gasteiger partial charge in [0.15, 0.2) is 0 Å². The first-order valence-corrected chi connectivity index (χ1v) is 18.4. The first-order chi connectivity index (χ1) is 25.3. The van der Waals surface area contributed by atoms with Crippen LogP contribution in [0.2, 0.25) is 0 Å². The number of fused-ring (bicyclic) bond motifs is 9. The molecule has 0 nitrogen and oxygen atoms in total. The molecule has 0 spiro atoms. The fourth-order valence-corrected chi connectivity index (χ4v) is 9.71. The van der Waals surface area contributed by atoms with Gasteiger partial charge in [-0.1, -0.05) is 152 Å². The summed E-state index contributed by atoms with van der Waals surface area (Å²) < 4.78 is 2.65. The first kappa shape index (κ1) is 28.5. The van der Waals surface area contributed by atoms with Crippen LogP contribution in [0.15, 0.2) is 182 Å². The highest BCUT2D eigenvalue weighted by Crippen LogP contribution is 2.50. The predicted octanol–water partition coefficient (Wildman–Crippen LogP) is 14.8. The van der Waals surface area contributed by atoms with Crippen molar-refractivity contribution in [2.24, 2.45) is 0 Å². The topological polar surface area (TPSA) is 0 Å². The minimum atomic E-state index is 1.22. The van der Waals surface area contributed by atoms with E-state index in [2.05, 4.69) is 182 Å². The lowest BCUT2D eigenvalue weighted by atomic mass is 9.82. The summed E-state index contributed by atoms with van der Waals surface area (Å²) in [5.41, 5.74) is 7.61. The van der Waals surface area contributed by atoms with Gasteiger partial charge in [0, 0.05) is 20.2 Å². The lowest BCUT2D eigenvalue weighted by molar-refractivity contribution is 1.63.